The highest BCUT2D eigenvalue weighted by atomic mass is 16.7. The summed E-state index contributed by atoms with van der Waals surface area (Å²) < 4.78 is 10.4. The first-order chi connectivity index (χ1) is 9.41. The molecule has 6 nitrogen and oxygen atoms in total. The van der Waals surface area contributed by atoms with Crippen molar-refractivity contribution in [3.8, 4) is 11.5 Å². The molecule has 0 unspecified atom stereocenters. The number of aliphatic carboxylic acids is 1. The fraction of sp³-hybridized carbons (Fsp3) is 0.429. The quantitative estimate of drug-likeness (QED) is 0.878. The zero-order valence-electron chi connectivity index (χ0n) is 11.2. The van der Waals surface area contributed by atoms with Crippen LogP contribution in [-0.4, -0.2) is 23.8 Å². The fourth-order valence-electron chi connectivity index (χ4n) is 2.78. The van der Waals surface area contributed by atoms with Crippen LogP contribution in [0, 0.1) is 17.3 Å². The molecule has 106 valence electrons. The lowest BCUT2D eigenvalue weighted by atomic mass is 10.1. The van der Waals surface area contributed by atoms with Crippen molar-refractivity contribution in [1.82, 2.24) is 0 Å². The molecule has 2 aliphatic rings. The molecule has 0 bridgehead atoms. The van der Waals surface area contributed by atoms with E-state index in [1.54, 1.807) is 32.0 Å². The molecule has 1 heterocycles. The molecule has 0 spiro atoms. The molecule has 1 aromatic carbocycles. The fourth-order valence-corrected chi connectivity index (χ4v) is 2.78. The molecule has 0 aromatic heterocycles. The van der Waals surface area contributed by atoms with Crippen molar-refractivity contribution < 1.29 is 24.2 Å². The summed E-state index contributed by atoms with van der Waals surface area (Å²) in [7, 11) is 0. The van der Waals surface area contributed by atoms with E-state index in [4.69, 9.17) is 14.6 Å². The number of benzene rings is 1. The van der Waals surface area contributed by atoms with Crippen LogP contribution in [0.1, 0.15) is 13.8 Å². The van der Waals surface area contributed by atoms with Crippen molar-refractivity contribution in [3.63, 3.8) is 0 Å². The van der Waals surface area contributed by atoms with Gasteiger partial charge in [-0.1, -0.05) is 13.8 Å². The highest BCUT2D eigenvalue weighted by molar-refractivity contribution is 5.99. The molecule has 1 aliphatic heterocycles. The zero-order valence-corrected chi connectivity index (χ0v) is 11.2. The average Bonchev–Trinajstić information content (AvgIpc) is 2.73. The largest absolute Gasteiger partial charge is 0.481 e. The predicted octanol–water partition coefficient (Wildman–Crippen LogP) is 1.71. The van der Waals surface area contributed by atoms with Crippen LogP contribution < -0.4 is 14.8 Å². The van der Waals surface area contributed by atoms with Gasteiger partial charge in [0.15, 0.2) is 11.5 Å². The van der Waals surface area contributed by atoms with Crippen LogP contribution >= 0.6 is 0 Å². The number of hydrogen-bond acceptors (Lipinski definition) is 4. The van der Waals surface area contributed by atoms with Gasteiger partial charge in [-0.15, -0.1) is 0 Å². The van der Waals surface area contributed by atoms with Gasteiger partial charge in [-0.2, -0.15) is 0 Å². The molecule has 20 heavy (non-hydrogen) atoms. The van der Waals surface area contributed by atoms with Crippen LogP contribution in [0.2, 0.25) is 0 Å². The third-order valence-electron chi connectivity index (χ3n) is 4.02. The van der Waals surface area contributed by atoms with Crippen molar-refractivity contribution in [2.24, 2.45) is 17.3 Å². The second-order valence-corrected chi connectivity index (χ2v) is 5.67. The third kappa shape index (κ3) is 1.88. The Morgan fingerprint density at radius 2 is 1.95 bits per heavy atom. The Labute approximate surface area is 115 Å². The molecule has 0 radical (unpaired) electrons. The second-order valence-electron chi connectivity index (χ2n) is 5.67. The summed E-state index contributed by atoms with van der Waals surface area (Å²) in [5.41, 5.74) is 0.0674. The van der Waals surface area contributed by atoms with E-state index in [1.165, 1.54) is 0 Å². The van der Waals surface area contributed by atoms with E-state index in [9.17, 15) is 9.59 Å². The van der Waals surface area contributed by atoms with Crippen molar-refractivity contribution in [1.29, 1.82) is 0 Å². The molecule has 1 aromatic rings. The van der Waals surface area contributed by atoms with E-state index in [2.05, 4.69) is 5.32 Å². The highest BCUT2D eigenvalue weighted by Crippen LogP contribution is 2.58. The number of nitrogens with one attached hydrogen (secondary N) is 1. The summed E-state index contributed by atoms with van der Waals surface area (Å²) in [4.78, 5) is 23.2. The average molecular weight is 277 g/mol. The Balaban J connectivity index is 1.73. The summed E-state index contributed by atoms with van der Waals surface area (Å²) >= 11 is 0. The Morgan fingerprint density at radius 3 is 2.60 bits per heavy atom. The van der Waals surface area contributed by atoms with Gasteiger partial charge in [0.2, 0.25) is 12.7 Å². The Hall–Kier alpha value is -2.24. The smallest absolute Gasteiger partial charge is 0.307 e. The van der Waals surface area contributed by atoms with Gasteiger partial charge < -0.3 is 19.9 Å². The van der Waals surface area contributed by atoms with Crippen molar-refractivity contribution in [2.45, 2.75) is 13.8 Å². The predicted molar refractivity (Wildman–Crippen MR) is 69.6 cm³/mol. The lowest BCUT2D eigenvalue weighted by molar-refractivity contribution is -0.140. The molecule has 1 amide bonds. The van der Waals surface area contributed by atoms with Crippen LogP contribution in [0.15, 0.2) is 18.2 Å². The molecule has 2 N–H and O–H groups in total. The number of carbonyl (C=O) groups excluding carboxylic acids is 1. The molecular weight excluding hydrogens is 262 g/mol. The molecule has 1 aliphatic carbocycles. The van der Waals surface area contributed by atoms with Crippen molar-refractivity contribution in [3.05, 3.63) is 18.2 Å². The molecule has 1 fully saturated rings. The number of hydrogen-bond donors (Lipinski definition) is 2. The molecule has 0 saturated heterocycles. The topological polar surface area (TPSA) is 84.9 Å². The van der Waals surface area contributed by atoms with Crippen LogP contribution in [0.5, 0.6) is 11.5 Å². The summed E-state index contributed by atoms with van der Waals surface area (Å²) in [6, 6.07) is 5.09. The third-order valence-corrected chi connectivity index (χ3v) is 4.02. The van der Waals surface area contributed by atoms with Gasteiger partial charge in [-0.25, -0.2) is 0 Å². The van der Waals surface area contributed by atoms with Crippen molar-refractivity contribution in [2.75, 3.05) is 12.1 Å². The first kappa shape index (κ1) is 12.8. The highest BCUT2D eigenvalue weighted by Gasteiger charge is 2.65. The number of carboxylic acids is 1. The Kier molecular flexibility index (Phi) is 2.64. The Bertz CT molecular complexity index is 595. The molecular formula is C14H15NO5. The number of rotatable bonds is 3. The summed E-state index contributed by atoms with van der Waals surface area (Å²) in [6.45, 7) is 3.74. The summed E-state index contributed by atoms with van der Waals surface area (Å²) in [6.07, 6.45) is 0. The SMILES string of the molecule is CC1(C)[C@H](C(=O)O)[C@@H]1C(=O)Nc1ccc2c(c1)OCO2. The number of carboxylic acid groups (broad SMARTS) is 1. The monoisotopic (exact) mass is 277 g/mol. The molecule has 6 heteroatoms. The maximum absolute atomic E-state index is 12.2. The first-order valence-corrected chi connectivity index (χ1v) is 6.34. The maximum Gasteiger partial charge on any atom is 0.307 e. The minimum atomic E-state index is -0.930. The minimum Gasteiger partial charge on any atom is -0.481 e. The molecule has 1 saturated carbocycles. The number of ether oxygens (including phenoxy) is 2. The van der Waals surface area contributed by atoms with Gasteiger partial charge in [0.05, 0.1) is 11.8 Å². The second kappa shape index (κ2) is 4.13. The lowest BCUT2D eigenvalue weighted by Gasteiger charge is -2.06. The maximum atomic E-state index is 12.2. The number of carbonyl (C=O) groups is 2. The Morgan fingerprint density at radius 1 is 1.25 bits per heavy atom. The summed E-state index contributed by atoms with van der Waals surface area (Å²) in [5, 5.41) is 11.8. The van der Waals surface area contributed by atoms with E-state index in [1.807, 2.05) is 0 Å². The van der Waals surface area contributed by atoms with Crippen LogP contribution in [-0.2, 0) is 9.59 Å². The van der Waals surface area contributed by atoms with E-state index in [0.29, 0.717) is 17.2 Å². The molecule has 2 atom stereocenters. The number of anilines is 1. The van der Waals surface area contributed by atoms with Gasteiger partial charge in [0, 0.05) is 11.8 Å². The van der Waals surface area contributed by atoms with E-state index in [0.717, 1.165) is 0 Å². The van der Waals surface area contributed by atoms with Crippen LogP contribution in [0.25, 0.3) is 0 Å². The summed E-state index contributed by atoms with van der Waals surface area (Å²) in [5.74, 6) is -1.13. The van der Waals surface area contributed by atoms with E-state index < -0.39 is 23.2 Å². The zero-order chi connectivity index (χ0) is 14.5. The van der Waals surface area contributed by atoms with Crippen LogP contribution in [0.4, 0.5) is 5.69 Å². The minimum absolute atomic E-state index is 0.170. The van der Waals surface area contributed by atoms with Gasteiger partial charge in [0.25, 0.3) is 0 Å². The van der Waals surface area contributed by atoms with E-state index >= 15 is 0 Å². The van der Waals surface area contributed by atoms with Gasteiger partial charge in [-0.3, -0.25) is 9.59 Å². The van der Waals surface area contributed by atoms with Gasteiger partial charge in [0.1, 0.15) is 0 Å². The van der Waals surface area contributed by atoms with E-state index in [-0.39, 0.29) is 12.7 Å². The van der Waals surface area contributed by atoms with Gasteiger partial charge in [-0.05, 0) is 17.5 Å². The normalized spacial score (nSPS) is 25.1. The number of amides is 1. The van der Waals surface area contributed by atoms with Crippen LogP contribution in [0.3, 0.4) is 0 Å². The lowest BCUT2D eigenvalue weighted by Crippen LogP contribution is -2.17. The molecule has 3 rings (SSSR count). The first-order valence-electron chi connectivity index (χ1n) is 6.34. The number of fused-ring (bicyclic) bond motifs is 1. The van der Waals surface area contributed by atoms with Crippen molar-refractivity contribution >= 4 is 17.6 Å². The van der Waals surface area contributed by atoms with Gasteiger partial charge >= 0.3 is 5.97 Å². The standard InChI is InChI=1S/C14H15NO5/c1-14(2)10(11(14)13(17)18)12(16)15-7-3-4-8-9(5-7)20-6-19-8/h3-5,10-11H,6H2,1-2H3,(H,15,16)(H,17,18)/t10-,11+/m1/s1.